The standard InChI is InChI=1S/C18H18ClN3O4/c1-9(2)16-15(10(3)22-26-16)18(24)25-11(4)17(23)21-13-6-5-12(8-20)14(19)7-13/h5-7,9,11H,1-4H3,(H,21,23)/t11-/m0/s1. The van der Waals surface area contributed by atoms with E-state index in [1.807, 2.05) is 19.9 Å². The second-order valence-corrected chi connectivity index (χ2v) is 6.41. The molecule has 0 spiro atoms. The third-order valence-corrected chi connectivity index (χ3v) is 3.94. The molecular weight excluding hydrogens is 358 g/mol. The summed E-state index contributed by atoms with van der Waals surface area (Å²) in [4.78, 5) is 24.6. The highest BCUT2D eigenvalue weighted by molar-refractivity contribution is 6.32. The molecule has 1 aromatic heterocycles. The van der Waals surface area contributed by atoms with Crippen molar-refractivity contribution in [3.63, 3.8) is 0 Å². The van der Waals surface area contributed by atoms with Gasteiger partial charge in [-0.1, -0.05) is 30.6 Å². The summed E-state index contributed by atoms with van der Waals surface area (Å²) in [6, 6.07) is 6.41. The van der Waals surface area contributed by atoms with E-state index in [9.17, 15) is 9.59 Å². The monoisotopic (exact) mass is 375 g/mol. The van der Waals surface area contributed by atoms with E-state index >= 15 is 0 Å². The van der Waals surface area contributed by atoms with Crippen LogP contribution in [-0.4, -0.2) is 23.1 Å². The lowest BCUT2D eigenvalue weighted by Gasteiger charge is -2.14. The number of hydrogen-bond acceptors (Lipinski definition) is 6. The number of amides is 1. The number of aryl methyl sites for hydroxylation is 1. The molecule has 2 rings (SSSR count). The van der Waals surface area contributed by atoms with Gasteiger partial charge in [-0.3, -0.25) is 4.79 Å². The van der Waals surface area contributed by atoms with Crippen LogP contribution in [0.25, 0.3) is 0 Å². The summed E-state index contributed by atoms with van der Waals surface area (Å²) in [6.45, 7) is 6.81. The minimum Gasteiger partial charge on any atom is -0.449 e. The maximum absolute atomic E-state index is 12.4. The molecule has 8 heteroatoms. The minimum atomic E-state index is -1.05. The Bertz CT molecular complexity index is 883. The first-order chi connectivity index (χ1) is 12.2. The van der Waals surface area contributed by atoms with Gasteiger partial charge < -0.3 is 14.6 Å². The second-order valence-electron chi connectivity index (χ2n) is 6.01. The van der Waals surface area contributed by atoms with Gasteiger partial charge in [0.1, 0.15) is 11.6 Å². The van der Waals surface area contributed by atoms with Gasteiger partial charge in [-0.15, -0.1) is 0 Å². The number of nitrogens with zero attached hydrogens (tertiary/aromatic N) is 2. The van der Waals surface area contributed by atoms with E-state index in [1.54, 1.807) is 6.92 Å². The van der Waals surface area contributed by atoms with E-state index in [0.29, 0.717) is 22.7 Å². The van der Waals surface area contributed by atoms with Crippen molar-refractivity contribution < 1.29 is 18.8 Å². The number of esters is 1. The summed E-state index contributed by atoms with van der Waals surface area (Å²) >= 11 is 5.93. The lowest BCUT2D eigenvalue weighted by molar-refractivity contribution is -0.123. The van der Waals surface area contributed by atoms with Crippen LogP contribution in [0.5, 0.6) is 0 Å². The van der Waals surface area contributed by atoms with Crippen LogP contribution in [0, 0.1) is 18.3 Å². The van der Waals surface area contributed by atoms with Crippen LogP contribution in [0.15, 0.2) is 22.7 Å². The molecular formula is C18H18ClN3O4. The Kier molecular flexibility index (Phi) is 6.01. The average Bonchev–Trinajstić information content (AvgIpc) is 2.97. The molecule has 0 saturated heterocycles. The maximum Gasteiger partial charge on any atom is 0.344 e. The molecule has 1 N–H and O–H groups in total. The normalized spacial score (nSPS) is 11.7. The summed E-state index contributed by atoms with van der Waals surface area (Å²) in [5, 5.41) is 15.5. The summed E-state index contributed by atoms with van der Waals surface area (Å²) in [5.74, 6) is -0.838. The molecule has 0 fully saturated rings. The Hall–Kier alpha value is -2.85. The first-order valence-electron chi connectivity index (χ1n) is 7.92. The first kappa shape index (κ1) is 19.5. The Labute approximate surface area is 155 Å². The fourth-order valence-electron chi connectivity index (χ4n) is 2.23. The molecule has 1 amide bonds. The molecule has 0 unspecified atom stereocenters. The molecule has 136 valence electrons. The number of nitriles is 1. The molecule has 7 nitrogen and oxygen atoms in total. The van der Waals surface area contributed by atoms with Crippen LogP contribution in [-0.2, 0) is 9.53 Å². The van der Waals surface area contributed by atoms with E-state index in [0.717, 1.165) is 0 Å². The van der Waals surface area contributed by atoms with Crippen molar-refractivity contribution >= 4 is 29.2 Å². The third-order valence-electron chi connectivity index (χ3n) is 3.63. The average molecular weight is 376 g/mol. The van der Waals surface area contributed by atoms with Gasteiger partial charge >= 0.3 is 5.97 Å². The van der Waals surface area contributed by atoms with Gasteiger partial charge in [-0.25, -0.2) is 4.79 Å². The number of nitrogens with one attached hydrogen (secondary N) is 1. The zero-order valence-electron chi connectivity index (χ0n) is 14.8. The Morgan fingerprint density at radius 3 is 2.62 bits per heavy atom. The Balaban J connectivity index is 2.08. The summed E-state index contributed by atoms with van der Waals surface area (Å²) in [6.07, 6.45) is -1.05. The molecule has 0 bridgehead atoms. The Morgan fingerprint density at radius 1 is 1.35 bits per heavy atom. The van der Waals surface area contributed by atoms with Gasteiger partial charge in [0.25, 0.3) is 5.91 Å². The van der Waals surface area contributed by atoms with Gasteiger partial charge in [-0.2, -0.15) is 5.26 Å². The summed E-state index contributed by atoms with van der Waals surface area (Å²) in [5.41, 5.74) is 1.34. The van der Waals surface area contributed by atoms with Crippen molar-refractivity contribution in [1.82, 2.24) is 5.16 Å². The SMILES string of the molecule is Cc1noc(C(C)C)c1C(=O)O[C@@H](C)C(=O)Nc1ccc(C#N)c(Cl)c1. The highest BCUT2D eigenvalue weighted by atomic mass is 35.5. The lowest BCUT2D eigenvalue weighted by Crippen LogP contribution is -2.30. The van der Waals surface area contributed by atoms with Crippen molar-refractivity contribution in [2.24, 2.45) is 0 Å². The number of benzene rings is 1. The van der Waals surface area contributed by atoms with Gasteiger partial charge in [-0.05, 0) is 32.0 Å². The van der Waals surface area contributed by atoms with Gasteiger partial charge in [0.2, 0.25) is 0 Å². The van der Waals surface area contributed by atoms with Crippen LogP contribution >= 0.6 is 11.6 Å². The Morgan fingerprint density at radius 2 is 2.04 bits per heavy atom. The molecule has 0 radical (unpaired) electrons. The smallest absolute Gasteiger partial charge is 0.344 e. The molecule has 26 heavy (non-hydrogen) atoms. The zero-order valence-corrected chi connectivity index (χ0v) is 15.5. The molecule has 1 aromatic carbocycles. The molecule has 2 aromatic rings. The summed E-state index contributed by atoms with van der Waals surface area (Å²) < 4.78 is 10.4. The fourth-order valence-corrected chi connectivity index (χ4v) is 2.45. The largest absolute Gasteiger partial charge is 0.449 e. The highest BCUT2D eigenvalue weighted by Crippen LogP contribution is 2.24. The predicted octanol–water partition coefficient (Wildman–Crippen LogP) is 3.82. The minimum absolute atomic E-state index is 0.0522. The van der Waals surface area contributed by atoms with Crippen LogP contribution in [0.2, 0.25) is 5.02 Å². The number of anilines is 1. The first-order valence-corrected chi connectivity index (χ1v) is 8.30. The third kappa shape index (κ3) is 4.21. The quantitative estimate of drug-likeness (QED) is 0.796. The number of hydrogen-bond donors (Lipinski definition) is 1. The van der Waals surface area contributed by atoms with Gasteiger partial charge in [0, 0.05) is 11.6 Å². The van der Waals surface area contributed by atoms with E-state index in [2.05, 4.69) is 10.5 Å². The van der Waals surface area contributed by atoms with Crippen molar-refractivity contribution in [1.29, 1.82) is 5.26 Å². The number of carbonyl (C=O) groups excluding carboxylic acids is 2. The number of ether oxygens (including phenoxy) is 1. The lowest BCUT2D eigenvalue weighted by atomic mass is 10.1. The zero-order chi connectivity index (χ0) is 19.4. The molecule has 1 atom stereocenters. The number of halogens is 1. The van der Waals surface area contributed by atoms with Crippen molar-refractivity contribution in [2.75, 3.05) is 5.32 Å². The number of rotatable bonds is 5. The number of aromatic nitrogens is 1. The summed E-state index contributed by atoms with van der Waals surface area (Å²) in [7, 11) is 0. The van der Waals surface area contributed by atoms with E-state index in [1.165, 1.54) is 25.1 Å². The highest BCUT2D eigenvalue weighted by Gasteiger charge is 2.27. The van der Waals surface area contributed by atoms with Crippen LogP contribution in [0.1, 0.15) is 54.1 Å². The van der Waals surface area contributed by atoms with Crippen molar-refractivity contribution in [2.45, 2.75) is 39.7 Å². The van der Waals surface area contributed by atoms with Crippen LogP contribution in [0.3, 0.4) is 0 Å². The molecule has 0 aliphatic rings. The van der Waals surface area contributed by atoms with Gasteiger partial charge in [0.15, 0.2) is 11.9 Å². The molecule has 0 aliphatic heterocycles. The van der Waals surface area contributed by atoms with E-state index < -0.39 is 18.0 Å². The molecule has 0 aliphatic carbocycles. The van der Waals surface area contributed by atoms with Gasteiger partial charge in [0.05, 0.1) is 16.3 Å². The van der Waals surface area contributed by atoms with Crippen molar-refractivity contribution in [3.05, 3.63) is 45.8 Å². The molecule has 1 heterocycles. The van der Waals surface area contributed by atoms with Crippen molar-refractivity contribution in [3.8, 4) is 6.07 Å². The number of carbonyl (C=O) groups is 2. The fraction of sp³-hybridized carbons (Fsp3) is 0.333. The van der Waals surface area contributed by atoms with E-state index in [-0.39, 0.29) is 16.5 Å². The van der Waals surface area contributed by atoms with Crippen LogP contribution in [0.4, 0.5) is 5.69 Å². The maximum atomic E-state index is 12.4. The second kappa shape index (κ2) is 8.02. The van der Waals surface area contributed by atoms with Crippen LogP contribution < -0.4 is 5.32 Å². The predicted molar refractivity (Wildman–Crippen MR) is 95.0 cm³/mol. The van der Waals surface area contributed by atoms with E-state index in [4.69, 9.17) is 26.1 Å². The topological polar surface area (TPSA) is 105 Å². The molecule has 0 saturated carbocycles.